The third-order valence-corrected chi connectivity index (χ3v) is 3.08. The fraction of sp³-hybridized carbons (Fsp3) is 0.400. The van der Waals surface area contributed by atoms with Crippen molar-refractivity contribution in [3.63, 3.8) is 0 Å². The third-order valence-electron chi connectivity index (χ3n) is 3.08. The molecule has 0 spiro atoms. The van der Waals surface area contributed by atoms with Gasteiger partial charge in [-0.3, -0.25) is 0 Å². The molecule has 4 nitrogen and oxygen atoms in total. The number of nitrogens with zero attached hydrogens (tertiary/aromatic N) is 2. The summed E-state index contributed by atoms with van der Waals surface area (Å²) in [7, 11) is 2.06. The Morgan fingerprint density at radius 1 is 1.32 bits per heavy atom. The molecule has 19 heavy (non-hydrogen) atoms. The maximum absolute atomic E-state index is 5.36. The van der Waals surface area contributed by atoms with Crippen molar-refractivity contribution in [1.29, 1.82) is 0 Å². The van der Waals surface area contributed by atoms with Gasteiger partial charge >= 0.3 is 0 Å². The predicted octanol–water partition coefficient (Wildman–Crippen LogP) is 2.73. The molecular formula is C15H21N3O. The molecule has 0 saturated carbocycles. The van der Waals surface area contributed by atoms with Gasteiger partial charge in [-0.2, -0.15) is 0 Å². The summed E-state index contributed by atoms with van der Waals surface area (Å²) in [6.07, 6.45) is 0. The van der Waals surface area contributed by atoms with E-state index in [-0.39, 0.29) is 0 Å². The third kappa shape index (κ3) is 3.58. The second kappa shape index (κ2) is 6.38. The second-order valence-electron chi connectivity index (χ2n) is 4.71. The van der Waals surface area contributed by atoms with Crippen LogP contribution in [0.3, 0.4) is 0 Å². The molecule has 0 aliphatic carbocycles. The summed E-state index contributed by atoms with van der Waals surface area (Å²) >= 11 is 0. The van der Waals surface area contributed by atoms with Gasteiger partial charge in [-0.1, -0.05) is 30.3 Å². The molecule has 0 aliphatic rings. The first-order chi connectivity index (χ1) is 9.20. The zero-order valence-corrected chi connectivity index (χ0v) is 11.8. The molecule has 1 aromatic carbocycles. The first-order valence-corrected chi connectivity index (χ1v) is 6.62. The van der Waals surface area contributed by atoms with Crippen LogP contribution in [0.4, 0.5) is 5.69 Å². The van der Waals surface area contributed by atoms with Gasteiger partial charge in [-0.25, -0.2) is 0 Å². The Kier molecular flexibility index (Phi) is 4.58. The monoisotopic (exact) mass is 259 g/mol. The molecule has 0 unspecified atom stereocenters. The number of benzene rings is 1. The molecule has 1 aromatic heterocycles. The molecule has 0 radical (unpaired) electrons. The molecule has 2 aromatic rings. The van der Waals surface area contributed by atoms with E-state index in [0.717, 1.165) is 31.1 Å². The normalized spacial score (nSPS) is 10.7. The van der Waals surface area contributed by atoms with Gasteiger partial charge in [0.05, 0.1) is 12.2 Å². The summed E-state index contributed by atoms with van der Waals surface area (Å²) < 4.78 is 5.36. The number of rotatable bonds is 6. The van der Waals surface area contributed by atoms with Gasteiger partial charge in [0.1, 0.15) is 0 Å². The first-order valence-electron chi connectivity index (χ1n) is 6.62. The minimum atomic E-state index is 0.726. The summed E-state index contributed by atoms with van der Waals surface area (Å²) in [5.74, 6) is 0.888. The van der Waals surface area contributed by atoms with Gasteiger partial charge in [0, 0.05) is 25.3 Å². The summed E-state index contributed by atoms with van der Waals surface area (Å²) in [5.41, 5.74) is 3.43. The van der Waals surface area contributed by atoms with Gasteiger partial charge < -0.3 is 14.7 Å². The molecule has 102 valence electrons. The van der Waals surface area contributed by atoms with Crippen molar-refractivity contribution in [3.8, 4) is 0 Å². The van der Waals surface area contributed by atoms with Gasteiger partial charge in [-0.15, -0.1) is 0 Å². The number of hydrogen-bond donors (Lipinski definition) is 1. The Morgan fingerprint density at radius 3 is 2.84 bits per heavy atom. The van der Waals surface area contributed by atoms with Crippen LogP contribution in [0.1, 0.15) is 23.9 Å². The lowest BCUT2D eigenvalue weighted by molar-refractivity contribution is 0.375. The molecule has 2 rings (SSSR count). The number of nitrogens with one attached hydrogen (secondary N) is 1. The van der Waals surface area contributed by atoms with E-state index in [1.54, 1.807) is 0 Å². The molecule has 0 aliphatic heterocycles. The number of para-hydroxylation sites is 1. The molecular weight excluding hydrogens is 238 g/mol. The smallest absolute Gasteiger partial charge is 0.156 e. The molecule has 0 bridgehead atoms. The number of anilines is 1. The zero-order chi connectivity index (χ0) is 13.7. The molecule has 4 heteroatoms. The van der Waals surface area contributed by atoms with E-state index >= 15 is 0 Å². The van der Waals surface area contributed by atoms with Crippen molar-refractivity contribution >= 4 is 5.69 Å². The van der Waals surface area contributed by atoms with E-state index in [4.69, 9.17) is 4.52 Å². The minimum absolute atomic E-state index is 0.726. The average molecular weight is 259 g/mol. The highest BCUT2D eigenvalue weighted by atomic mass is 16.5. The fourth-order valence-corrected chi connectivity index (χ4v) is 2.08. The van der Waals surface area contributed by atoms with Crippen LogP contribution in [0.25, 0.3) is 0 Å². The van der Waals surface area contributed by atoms with Crippen LogP contribution >= 0.6 is 0 Å². The standard InChI is InChI=1S/C15H21N3O/c1-4-16-10-13-9-14(19-17-13)11-18(3)15-8-6-5-7-12(15)2/h5-9,16H,4,10-11H2,1-3H3. The van der Waals surface area contributed by atoms with Crippen LogP contribution in [0.2, 0.25) is 0 Å². The van der Waals surface area contributed by atoms with E-state index in [2.05, 4.69) is 60.5 Å². The van der Waals surface area contributed by atoms with Crippen LogP contribution in [-0.4, -0.2) is 18.7 Å². The van der Waals surface area contributed by atoms with Crippen molar-refractivity contribution in [2.75, 3.05) is 18.5 Å². The van der Waals surface area contributed by atoms with Crippen LogP contribution in [0.5, 0.6) is 0 Å². The van der Waals surface area contributed by atoms with E-state index in [1.165, 1.54) is 11.3 Å². The quantitative estimate of drug-likeness (QED) is 0.866. The van der Waals surface area contributed by atoms with Gasteiger partial charge in [-0.05, 0) is 25.1 Å². The van der Waals surface area contributed by atoms with Crippen molar-refractivity contribution in [3.05, 3.63) is 47.3 Å². The maximum atomic E-state index is 5.36. The van der Waals surface area contributed by atoms with Crippen molar-refractivity contribution in [1.82, 2.24) is 10.5 Å². The van der Waals surface area contributed by atoms with E-state index in [0.29, 0.717) is 0 Å². The molecule has 0 saturated heterocycles. The minimum Gasteiger partial charge on any atom is -0.367 e. The van der Waals surface area contributed by atoms with Gasteiger partial charge in [0.2, 0.25) is 0 Å². The SMILES string of the molecule is CCNCc1cc(CN(C)c2ccccc2C)on1. The Morgan fingerprint density at radius 2 is 2.11 bits per heavy atom. The molecule has 0 fully saturated rings. The second-order valence-corrected chi connectivity index (χ2v) is 4.71. The Balaban J connectivity index is 2.01. The summed E-state index contributed by atoms with van der Waals surface area (Å²) in [6.45, 7) is 6.61. The fourth-order valence-electron chi connectivity index (χ4n) is 2.08. The maximum Gasteiger partial charge on any atom is 0.156 e. The van der Waals surface area contributed by atoms with Crippen molar-refractivity contribution in [2.24, 2.45) is 0 Å². The molecule has 1 N–H and O–H groups in total. The van der Waals surface area contributed by atoms with Crippen LogP contribution in [0.15, 0.2) is 34.9 Å². The van der Waals surface area contributed by atoms with E-state index in [9.17, 15) is 0 Å². The lowest BCUT2D eigenvalue weighted by atomic mass is 10.2. The highest BCUT2D eigenvalue weighted by Gasteiger charge is 2.09. The Hall–Kier alpha value is -1.81. The van der Waals surface area contributed by atoms with Crippen LogP contribution in [0, 0.1) is 6.92 Å². The van der Waals surface area contributed by atoms with Gasteiger partial charge in [0.15, 0.2) is 5.76 Å². The molecule has 0 amide bonds. The lowest BCUT2D eigenvalue weighted by Gasteiger charge is -2.19. The Labute approximate surface area is 114 Å². The van der Waals surface area contributed by atoms with Gasteiger partial charge in [0.25, 0.3) is 0 Å². The summed E-state index contributed by atoms with van der Waals surface area (Å²) in [6, 6.07) is 10.3. The lowest BCUT2D eigenvalue weighted by Crippen LogP contribution is -2.17. The first kappa shape index (κ1) is 13.6. The van der Waals surface area contributed by atoms with Crippen molar-refractivity contribution in [2.45, 2.75) is 26.9 Å². The van der Waals surface area contributed by atoms with E-state index < -0.39 is 0 Å². The van der Waals surface area contributed by atoms with Crippen LogP contribution in [-0.2, 0) is 13.1 Å². The molecule has 0 atom stereocenters. The topological polar surface area (TPSA) is 41.3 Å². The summed E-state index contributed by atoms with van der Waals surface area (Å²) in [4.78, 5) is 2.17. The number of aromatic nitrogens is 1. The largest absolute Gasteiger partial charge is 0.367 e. The van der Waals surface area contributed by atoms with Crippen LogP contribution < -0.4 is 10.2 Å². The number of hydrogen-bond acceptors (Lipinski definition) is 4. The summed E-state index contributed by atoms with van der Waals surface area (Å²) in [5, 5.41) is 7.29. The highest BCUT2D eigenvalue weighted by molar-refractivity contribution is 5.52. The predicted molar refractivity (Wildman–Crippen MR) is 77.2 cm³/mol. The molecule has 1 heterocycles. The Bertz CT molecular complexity index is 522. The highest BCUT2D eigenvalue weighted by Crippen LogP contribution is 2.20. The van der Waals surface area contributed by atoms with Crippen molar-refractivity contribution < 1.29 is 4.52 Å². The van der Waals surface area contributed by atoms with E-state index in [1.807, 2.05) is 6.07 Å². The zero-order valence-electron chi connectivity index (χ0n) is 11.8. The number of aryl methyl sites for hydroxylation is 1. The average Bonchev–Trinajstić information content (AvgIpc) is 2.84.